The number of aliphatic hydroxyl groups excluding tert-OH is 1. The number of hydrogen-bond acceptors (Lipinski definition) is 3. The second kappa shape index (κ2) is 4.07. The number of hydrogen-bond donors (Lipinski definition) is 3. The van der Waals surface area contributed by atoms with E-state index in [1.165, 1.54) is 0 Å². The van der Waals surface area contributed by atoms with Crippen LogP contribution in [-0.4, -0.2) is 29.2 Å². The summed E-state index contributed by atoms with van der Waals surface area (Å²) in [4.78, 5) is 11.4. The maximum atomic E-state index is 11.4. The van der Waals surface area contributed by atoms with E-state index in [1.54, 1.807) is 0 Å². The molecule has 1 fully saturated rings. The molecule has 1 amide bonds. The summed E-state index contributed by atoms with van der Waals surface area (Å²) >= 11 is 0. The lowest BCUT2D eigenvalue weighted by atomic mass is 9.77. The minimum absolute atomic E-state index is 0.0230. The molecule has 0 aliphatic heterocycles. The van der Waals surface area contributed by atoms with Crippen molar-refractivity contribution in [2.45, 2.75) is 44.2 Å². The average molecular weight is 186 g/mol. The Bertz CT molecular complexity index is 185. The summed E-state index contributed by atoms with van der Waals surface area (Å²) in [5, 5.41) is 11.9. The smallest absolute Gasteiger partial charge is 0.237 e. The highest BCUT2D eigenvalue weighted by molar-refractivity contribution is 5.82. The number of carbonyl (C=O) groups is 1. The Kier molecular flexibility index (Phi) is 3.27. The van der Waals surface area contributed by atoms with Crippen LogP contribution >= 0.6 is 0 Å². The van der Waals surface area contributed by atoms with Crippen molar-refractivity contribution >= 4 is 5.91 Å². The molecule has 4 heteroatoms. The molecule has 0 aromatic carbocycles. The third-order valence-corrected chi connectivity index (χ3v) is 2.78. The summed E-state index contributed by atoms with van der Waals surface area (Å²) in [5.74, 6) is -0.142. The summed E-state index contributed by atoms with van der Waals surface area (Å²) in [6.45, 7) is 1.89. The molecule has 0 aromatic rings. The summed E-state index contributed by atoms with van der Waals surface area (Å²) in [7, 11) is 0. The number of nitrogens with one attached hydrogen (secondary N) is 1. The molecule has 0 aromatic heterocycles. The topological polar surface area (TPSA) is 75.4 Å². The van der Waals surface area contributed by atoms with E-state index in [1.807, 2.05) is 6.92 Å². The van der Waals surface area contributed by atoms with Crippen molar-refractivity contribution in [1.82, 2.24) is 5.32 Å². The molecule has 0 bridgehead atoms. The summed E-state index contributed by atoms with van der Waals surface area (Å²) < 4.78 is 0. The van der Waals surface area contributed by atoms with Gasteiger partial charge in [0.2, 0.25) is 5.91 Å². The van der Waals surface area contributed by atoms with E-state index in [-0.39, 0.29) is 18.1 Å². The average Bonchev–Trinajstić information content (AvgIpc) is 2.09. The fraction of sp³-hybridized carbons (Fsp3) is 0.889. The standard InChI is InChI=1S/C9H18N2O2/c1-2-7(10)8(13)11-9(6-12)4-3-5-9/h7,12H,2-6,10H2,1H3,(H,11,13). The molecule has 0 spiro atoms. The molecule has 1 aliphatic carbocycles. The predicted octanol–water partition coefficient (Wildman–Crippen LogP) is -0.245. The van der Waals surface area contributed by atoms with Gasteiger partial charge in [-0.2, -0.15) is 0 Å². The van der Waals surface area contributed by atoms with Crippen LogP contribution in [0, 0.1) is 0 Å². The van der Waals surface area contributed by atoms with E-state index in [0.717, 1.165) is 19.3 Å². The first-order valence-electron chi connectivity index (χ1n) is 4.82. The molecule has 1 rings (SSSR count). The third-order valence-electron chi connectivity index (χ3n) is 2.78. The highest BCUT2D eigenvalue weighted by atomic mass is 16.3. The minimum Gasteiger partial charge on any atom is -0.394 e. The zero-order chi connectivity index (χ0) is 9.90. The van der Waals surface area contributed by atoms with Gasteiger partial charge in [0.25, 0.3) is 0 Å². The molecule has 0 radical (unpaired) electrons. The monoisotopic (exact) mass is 186 g/mol. The van der Waals surface area contributed by atoms with Crippen molar-refractivity contribution in [2.75, 3.05) is 6.61 Å². The highest BCUT2D eigenvalue weighted by Crippen LogP contribution is 2.31. The molecule has 0 saturated heterocycles. The largest absolute Gasteiger partial charge is 0.394 e. The van der Waals surface area contributed by atoms with Crippen molar-refractivity contribution in [3.8, 4) is 0 Å². The lowest BCUT2D eigenvalue weighted by Gasteiger charge is -2.41. The predicted molar refractivity (Wildman–Crippen MR) is 50.1 cm³/mol. The van der Waals surface area contributed by atoms with Gasteiger partial charge in [-0.15, -0.1) is 0 Å². The normalized spacial score (nSPS) is 21.8. The quantitative estimate of drug-likeness (QED) is 0.567. The van der Waals surface area contributed by atoms with Crippen LogP contribution in [-0.2, 0) is 4.79 Å². The number of amides is 1. The molecule has 1 unspecified atom stereocenters. The van der Waals surface area contributed by atoms with Gasteiger partial charge in [0.15, 0.2) is 0 Å². The van der Waals surface area contributed by atoms with Crippen LogP contribution in [0.1, 0.15) is 32.6 Å². The molecule has 4 nitrogen and oxygen atoms in total. The molecule has 1 atom stereocenters. The van der Waals surface area contributed by atoms with Crippen LogP contribution < -0.4 is 11.1 Å². The molecule has 1 saturated carbocycles. The van der Waals surface area contributed by atoms with Gasteiger partial charge in [-0.1, -0.05) is 6.92 Å². The van der Waals surface area contributed by atoms with Crippen molar-refractivity contribution in [2.24, 2.45) is 5.73 Å². The lowest BCUT2D eigenvalue weighted by molar-refractivity contribution is -0.126. The second-order valence-corrected chi connectivity index (χ2v) is 3.80. The number of rotatable bonds is 4. The molecule has 76 valence electrons. The molecular weight excluding hydrogens is 168 g/mol. The maximum absolute atomic E-state index is 11.4. The van der Waals surface area contributed by atoms with Crippen LogP contribution in [0.5, 0.6) is 0 Å². The maximum Gasteiger partial charge on any atom is 0.237 e. The highest BCUT2D eigenvalue weighted by Gasteiger charge is 2.38. The zero-order valence-corrected chi connectivity index (χ0v) is 8.05. The van der Waals surface area contributed by atoms with E-state index in [0.29, 0.717) is 6.42 Å². The Hall–Kier alpha value is -0.610. The summed E-state index contributed by atoms with van der Waals surface area (Å²) in [6, 6.07) is -0.441. The Morgan fingerprint density at radius 3 is 2.62 bits per heavy atom. The zero-order valence-electron chi connectivity index (χ0n) is 8.05. The van der Waals surface area contributed by atoms with Gasteiger partial charge < -0.3 is 16.2 Å². The fourth-order valence-electron chi connectivity index (χ4n) is 1.47. The molecule has 0 heterocycles. The van der Waals surface area contributed by atoms with Gasteiger partial charge in [-0.05, 0) is 25.7 Å². The van der Waals surface area contributed by atoms with Gasteiger partial charge in [0.1, 0.15) is 0 Å². The van der Waals surface area contributed by atoms with E-state index >= 15 is 0 Å². The molecule has 1 aliphatic rings. The fourth-order valence-corrected chi connectivity index (χ4v) is 1.47. The Morgan fingerprint density at radius 2 is 2.31 bits per heavy atom. The molecule has 4 N–H and O–H groups in total. The van der Waals surface area contributed by atoms with E-state index in [2.05, 4.69) is 5.32 Å². The lowest BCUT2D eigenvalue weighted by Crippen LogP contribution is -2.59. The summed E-state index contributed by atoms with van der Waals surface area (Å²) in [5.41, 5.74) is 5.21. The Labute approximate surface area is 78.5 Å². The van der Waals surface area contributed by atoms with Crippen molar-refractivity contribution in [3.05, 3.63) is 0 Å². The number of carbonyl (C=O) groups excluding carboxylic acids is 1. The van der Waals surface area contributed by atoms with Crippen LogP contribution in [0.3, 0.4) is 0 Å². The van der Waals surface area contributed by atoms with Gasteiger partial charge in [-0.3, -0.25) is 4.79 Å². The van der Waals surface area contributed by atoms with Crippen LogP contribution in [0.15, 0.2) is 0 Å². The van der Waals surface area contributed by atoms with Gasteiger partial charge in [0, 0.05) is 0 Å². The number of nitrogens with two attached hydrogens (primary N) is 1. The summed E-state index contributed by atoms with van der Waals surface area (Å²) in [6.07, 6.45) is 3.44. The van der Waals surface area contributed by atoms with Gasteiger partial charge >= 0.3 is 0 Å². The Balaban J connectivity index is 2.42. The third kappa shape index (κ3) is 2.19. The molecule has 13 heavy (non-hydrogen) atoms. The van der Waals surface area contributed by atoms with Crippen LogP contribution in [0.2, 0.25) is 0 Å². The van der Waals surface area contributed by atoms with Crippen molar-refractivity contribution < 1.29 is 9.90 Å². The van der Waals surface area contributed by atoms with Crippen molar-refractivity contribution in [3.63, 3.8) is 0 Å². The first kappa shape index (κ1) is 10.5. The van der Waals surface area contributed by atoms with Crippen molar-refractivity contribution in [1.29, 1.82) is 0 Å². The van der Waals surface area contributed by atoms with Crippen LogP contribution in [0.4, 0.5) is 0 Å². The minimum atomic E-state index is -0.441. The number of aliphatic hydroxyl groups is 1. The van der Waals surface area contributed by atoms with Crippen LogP contribution in [0.25, 0.3) is 0 Å². The van der Waals surface area contributed by atoms with E-state index in [9.17, 15) is 4.79 Å². The van der Waals surface area contributed by atoms with Gasteiger partial charge in [-0.25, -0.2) is 0 Å². The van der Waals surface area contributed by atoms with E-state index < -0.39 is 6.04 Å². The second-order valence-electron chi connectivity index (χ2n) is 3.80. The SMILES string of the molecule is CCC(N)C(=O)NC1(CO)CCC1. The Morgan fingerprint density at radius 1 is 1.69 bits per heavy atom. The molecular formula is C9H18N2O2. The van der Waals surface area contributed by atoms with E-state index in [4.69, 9.17) is 10.8 Å². The first-order chi connectivity index (χ1) is 6.13. The van der Waals surface area contributed by atoms with Gasteiger partial charge in [0.05, 0.1) is 18.2 Å². The first-order valence-corrected chi connectivity index (χ1v) is 4.82.